The predicted octanol–water partition coefficient (Wildman–Crippen LogP) is 2.44. The molecule has 14 heteroatoms. The van der Waals surface area contributed by atoms with Gasteiger partial charge in [-0.3, -0.25) is 29.0 Å². The van der Waals surface area contributed by atoms with Gasteiger partial charge in [-0.05, 0) is 37.1 Å². The fraction of sp³-hybridized carbons (Fsp3) is 0.440. The molecule has 0 saturated heterocycles. The zero-order chi connectivity index (χ0) is 29.0. The van der Waals surface area contributed by atoms with Crippen LogP contribution in [0.2, 0.25) is 0 Å². The number of carbonyl (C=O) groups is 4. The highest BCUT2D eigenvalue weighted by molar-refractivity contribution is 7.51. The Morgan fingerprint density at radius 2 is 1.69 bits per heavy atom. The minimum Gasteiger partial charge on any atom is -0.451 e. The number of hydrogen-bond acceptors (Lipinski definition) is 7. The summed E-state index contributed by atoms with van der Waals surface area (Å²) in [6, 6.07) is 8.32. The maximum absolute atomic E-state index is 12.8. The Kier molecular flexibility index (Phi) is 12.3. The zero-order valence-electron chi connectivity index (χ0n) is 21.8. The van der Waals surface area contributed by atoms with Crippen molar-refractivity contribution in [2.24, 2.45) is 5.92 Å². The minimum absolute atomic E-state index is 0.0175. The zero-order valence-corrected chi connectivity index (χ0v) is 22.7. The summed E-state index contributed by atoms with van der Waals surface area (Å²) in [6.45, 7) is 3.60. The average Bonchev–Trinajstić information content (AvgIpc) is 3.41. The van der Waals surface area contributed by atoms with E-state index in [2.05, 4.69) is 16.0 Å². The molecule has 1 heterocycles. The molecule has 1 aromatic carbocycles. The Balaban J connectivity index is 1.95. The van der Waals surface area contributed by atoms with E-state index in [4.69, 9.17) is 14.2 Å². The van der Waals surface area contributed by atoms with E-state index in [1.54, 1.807) is 25.1 Å². The van der Waals surface area contributed by atoms with Gasteiger partial charge in [-0.2, -0.15) is 0 Å². The lowest BCUT2D eigenvalue weighted by Gasteiger charge is -2.29. The molecule has 0 radical (unpaired) electrons. The summed E-state index contributed by atoms with van der Waals surface area (Å²) in [7, 11) is -4.37. The first-order valence-electron chi connectivity index (χ1n) is 12.5. The molecule has 1 aromatic heterocycles. The fourth-order valence-electron chi connectivity index (χ4n) is 3.95. The van der Waals surface area contributed by atoms with E-state index in [0.717, 1.165) is 19.3 Å². The number of hydroxylamine groups is 2. The molecule has 0 bridgehead atoms. The van der Waals surface area contributed by atoms with Gasteiger partial charge in [0.2, 0.25) is 12.3 Å². The van der Waals surface area contributed by atoms with Gasteiger partial charge in [0.1, 0.15) is 12.0 Å². The average molecular weight is 567 g/mol. The van der Waals surface area contributed by atoms with E-state index in [-0.39, 0.29) is 24.4 Å². The molecule has 0 aliphatic rings. The molecule has 2 atom stereocenters. The van der Waals surface area contributed by atoms with Gasteiger partial charge in [0, 0.05) is 11.1 Å². The topological polar surface area (TPSA) is 199 Å². The van der Waals surface area contributed by atoms with Crippen molar-refractivity contribution in [2.75, 3.05) is 13.0 Å². The van der Waals surface area contributed by atoms with Crippen LogP contribution in [-0.2, 0) is 14.2 Å². The molecule has 13 nitrogen and oxygen atoms in total. The highest BCUT2D eigenvalue weighted by atomic mass is 31.2. The molecular weight excluding hydrogens is 531 g/mol. The van der Waals surface area contributed by atoms with Crippen molar-refractivity contribution in [1.29, 1.82) is 0 Å². The number of rotatable bonds is 16. The number of unbranched alkanes of at least 4 members (excludes halogenated alkanes) is 2. The quantitative estimate of drug-likeness (QED) is 0.0441. The summed E-state index contributed by atoms with van der Waals surface area (Å²) < 4.78 is 16.5. The lowest BCUT2D eigenvalue weighted by atomic mass is 9.90. The molecular formula is C25H35N4O9P. The summed E-state index contributed by atoms with van der Waals surface area (Å²) in [6.07, 6.45) is 2.95. The van der Waals surface area contributed by atoms with Crippen molar-refractivity contribution >= 4 is 31.7 Å². The Labute approximate surface area is 226 Å². The van der Waals surface area contributed by atoms with Crippen LogP contribution in [0.3, 0.4) is 0 Å². The summed E-state index contributed by atoms with van der Waals surface area (Å²) in [5.41, 5.74) is 0.737. The summed E-state index contributed by atoms with van der Waals surface area (Å²) in [4.78, 5) is 66.2. The second-order valence-corrected chi connectivity index (χ2v) is 10.5. The molecule has 0 unspecified atom stereocenters. The van der Waals surface area contributed by atoms with Crippen LogP contribution < -0.4 is 16.0 Å². The third-order valence-electron chi connectivity index (χ3n) is 6.00. The van der Waals surface area contributed by atoms with Crippen LogP contribution in [0.25, 0.3) is 11.3 Å². The largest absolute Gasteiger partial charge is 0.451 e. The van der Waals surface area contributed by atoms with Crippen molar-refractivity contribution in [3.63, 3.8) is 0 Å². The number of nitrogens with zero attached hydrogens (tertiary/aromatic N) is 1. The van der Waals surface area contributed by atoms with Gasteiger partial charge in [-0.15, -0.1) is 0 Å². The lowest BCUT2D eigenvalue weighted by Crippen LogP contribution is -2.47. The van der Waals surface area contributed by atoms with Crippen LogP contribution in [0, 0.1) is 5.92 Å². The maximum Gasteiger partial charge on any atom is 0.344 e. The molecule has 214 valence electrons. The molecule has 2 aromatic rings. The number of furan rings is 1. The van der Waals surface area contributed by atoms with Gasteiger partial charge in [0.25, 0.3) is 11.8 Å². The number of amides is 4. The first-order chi connectivity index (χ1) is 18.5. The molecule has 39 heavy (non-hydrogen) atoms. The van der Waals surface area contributed by atoms with Gasteiger partial charge >= 0.3 is 7.60 Å². The second-order valence-electron chi connectivity index (χ2n) is 8.86. The molecule has 0 fully saturated rings. The predicted molar refractivity (Wildman–Crippen MR) is 140 cm³/mol. The van der Waals surface area contributed by atoms with Crippen molar-refractivity contribution in [3.05, 3.63) is 47.7 Å². The Morgan fingerprint density at radius 1 is 1.00 bits per heavy atom. The van der Waals surface area contributed by atoms with Crippen molar-refractivity contribution in [2.45, 2.75) is 52.0 Å². The fourth-order valence-corrected chi connectivity index (χ4v) is 4.30. The Morgan fingerprint density at radius 3 is 2.28 bits per heavy atom. The summed E-state index contributed by atoms with van der Waals surface area (Å²) in [5, 5.41) is 17.7. The number of benzene rings is 1. The Bertz CT molecular complexity index is 1160. The first-order valence-corrected chi connectivity index (χ1v) is 14.3. The number of nitrogens with one attached hydrogen (secondary N) is 3. The molecule has 0 aliphatic carbocycles. The highest BCUT2D eigenvalue weighted by Gasteiger charge is 2.30. The second kappa shape index (κ2) is 15.2. The Hall–Kier alpha value is -3.51. The summed E-state index contributed by atoms with van der Waals surface area (Å²) in [5.74, 6) is -1.96. The van der Waals surface area contributed by atoms with Crippen LogP contribution in [0.5, 0.6) is 0 Å². The van der Waals surface area contributed by atoms with E-state index in [9.17, 15) is 29.0 Å². The number of hydrogen-bond donors (Lipinski definition) is 6. The molecule has 0 aliphatic heterocycles. The first kappa shape index (κ1) is 31.7. The monoisotopic (exact) mass is 566 g/mol. The number of carbonyl (C=O) groups excluding carboxylic acids is 4. The molecule has 0 saturated carbocycles. The third-order valence-corrected chi connectivity index (χ3v) is 6.57. The maximum atomic E-state index is 12.8. The smallest absolute Gasteiger partial charge is 0.344 e. The SMILES string of the molecule is CCCCC[C@@H](C(=O)NCNC(=O)c1ccc(-c2ccc(C(=O)NCP(=O)(O)O)cc2)o1)[C@@H](CC)N(O)C=O. The van der Waals surface area contributed by atoms with Gasteiger partial charge in [0.05, 0.1) is 18.6 Å². The highest BCUT2D eigenvalue weighted by Crippen LogP contribution is 2.32. The molecule has 4 amide bonds. The molecule has 6 N–H and O–H groups in total. The van der Waals surface area contributed by atoms with Gasteiger partial charge < -0.3 is 30.2 Å². The van der Waals surface area contributed by atoms with Crippen LogP contribution in [-0.4, -0.2) is 63.2 Å². The molecule has 0 spiro atoms. The van der Waals surface area contributed by atoms with Crippen molar-refractivity contribution in [1.82, 2.24) is 21.0 Å². The van der Waals surface area contributed by atoms with Crippen LogP contribution in [0.15, 0.2) is 40.8 Å². The third kappa shape index (κ3) is 9.95. The van der Waals surface area contributed by atoms with E-state index >= 15 is 0 Å². The van der Waals surface area contributed by atoms with Crippen molar-refractivity contribution in [3.8, 4) is 11.3 Å². The minimum atomic E-state index is -4.37. The van der Waals surface area contributed by atoms with Gasteiger partial charge in [-0.1, -0.05) is 45.2 Å². The molecule has 2 rings (SSSR count). The van der Waals surface area contributed by atoms with E-state index in [1.807, 2.05) is 6.92 Å². The summed E-state index contributed by atoms with van der Waals surface area (Å²) >= 11 is 0. The van der Waals surface area contributed by atoms with E-state index < -0.39 is 43.6 Å². The van der Waals surface area contributed by atoms with Crippen LogP contribution >= 0.6 is 7.60 Å². The van der Waals surface area contributed by atoms with Crippen LogP contribution in [0.1, 0.15) is 66.9 Å². The van der Waals surface area contributed by atoms with E-state index in [1.165, 1.54) is 18.2 Å². The standard InChI is InChI=1S/C25H35N4O9P/c1-3-5-6-7-19(20(4-2)29(34)16-30)24(32)26-14-27-25(33)22-13-12-21(38-22)17-8-10-18(11-9-17)23(31)28-15-39(35,36)37/h8-13,16,19-20,34H,3-7,14-15H2,1-2H3,(H,26,32)(H,27,33)(H,28,31)(H2,35,36,37)/t19-,20-/m1/s1. The normalized spacial score (nSPS) is 12.7. The van der Waals surface area contributed by atoms with E-state index in [0.29, 0.717) is 29.2 Å². The van der Waals surface area contributed by atoms with Gasteiger partial charge in [0.15, 0.2) is 5.76 Å². The van der Waals surface area contributed by atoms with Crippen molar-refractivity contribution < 1.29 is 43.2 Å². The van der Waals surface area contributed by atoms with Crippen LogP contribution in [0.4, 0.5) is 0 Å². The van der Waals surface area contributed by atoms with Gasteiger partial charge in [-0.25, -0.2) is 5.06 Å². The lowest BCUT2D eigenvalue weighted by molar-refractivity contribution is -0.168.